The van der Waals surface area contributed by atoms with Gasteiger partial charge in [-0.1, -0.05) is 91.0 Å². The molecule has 376 valence electrons. The van der Waals surface area contributed by atoms with Gasteiger partial charge in [-0.15, -0.1) is 0 Å². The zero-order valence-corrected chi connectivity index (χ0v) is 42.2. The van der Waals surface area contributed by atoms with Gasteiger partial charge in [-0.25, -0.2) is 9.59 Å². The van der Waals surface area contributed by atoms with Gasteiger partial charge in [0.15, 0.2) is 0 Å². The van der Waals surface area contributed by atoms with E-state index < -0.39 is 42.6 Å². The molecule has 3 saturated heterocycles. The lowest BCUT2D eigenvalue weighted by molar-refractivity contribution is -0.145. The lowest BCUT2D eigenvalue weighted by Gasteiger charge is -2.40. The number of benzene rings is 1. The maximum Gasteiger partial charge on any atom is 0.407 e. The lowest BCUT2D eigenvalue weighted by atomic mass is 9.77. The molecular weight excluding hydrogens is 875 g/mol. The zero-order valence-electron chi connectivity index (χ0n) is 42.2. The summed E-state index contributed by atoms with van der Waals surface area (Å²) in [6.45, 7) is 14.4. The summed E-state index contributed by atoms with van der Waals surface area (Å²) < 4.78 is 9.66. The minimum Gasteiger partial charge on any atom is -0.453 e. The molecule has 3 aliphatic heterocycles. The van der Waals surface area contributed by atoms with Crippen LogP contribution in [0.2, 0.25) is 0 Å². The van der Waals surface area contributed by atoms with Crippen molar-refractivity contribution < 1.29 is 38.6 Å². The summed E-state index contributed by atoms with van der Waals surface area (Å²) in [7, 11) is 2.57. The van der Waals surface area contributed by atoms with Crippen LogP contribution in [-0.4, -0.2) is 118 Å². The minimum atomic E-state index is -0.998. The predicted octanol–water partition coefficient (Wildman–Crippen LogP) is 7.32. The molecule has 7 unspecified atom stereocenters. The van der Waals surface area contributed by atoms with E-state index in [1.165, 1.54) is 31.1 Å². The molecule has 3 heterocycles. The Labute approximate surface area is 408 Å². The minimum absolute atomic E-state index is 0.0194. The highest BCUT2D eigenvalue weighted by Gasteiger charge is 2.54. The smallest absolute Gasteiger partial charge is 0.407 e. The van der Waals surface area contributed by atoms with Crippen LogP contribution in [0, 0.1) is 35.0 Å². The molecule has 15 nitrogen and oxygen atoms in total. The van der Waals surface area contributed by atoms with E-state index in [0.717, 1.165) is 63.5 Å². The van der Waals surface area contributed by atoms with Crippen molar-refractivity contribution in [3.8, 4) is 0 Å². The van der Waals surface area contributed by atoms with Crippen LogP contribution >= 0.6 is 0 Å². The molecule has 1 aromatic carbocycles. The summed E-state index contributed by atoms with van der Waals surface area (Å²) >= 11 is 0. The Morgan fingerprint density at radius 2 is 1.30 bits per heavy atom. The molecule has 5 fully saturated rings. The molecule has 7 aliphatic rings. The number of fused-ring (bicyclic) bond motifs is 4. The van der Waals surface area contributed by atoms with Crippen molar-refractivity contribution >= 4 is 35.6 Å². The number of nitrogens with zero attached hydrogens (tertiary/aromatic N) is 3. The van der Waals surface area contributed by atoms with Crippen LogP contribution in [0.4, 0.5) is 15.3 Å². The fourth-order valence-electron chi connectivity index (χ4n) is 12.7. The van der Waals surface area contributed by atoms with Gasteiger partial charge in [0.1, 0.15) is 24.4 Å². The maximum absolute atomic E-state index is 14.1. The number of piperidine rings is 2. The third-order valence-corrected chi connectivity index (χ3v) is 16.4. The predicted molar refractivity (Wildman–Crippen MR) is 264 cm³/mol. The summed E-state index contributed by atoms with van der Waals surface area (Å²) in [5.74, 6) is -0.233. The Morgan fingerprint density at radius 3 is 1.87 bits per heavy atom. The summed E-state index contributed by atoms with van der Waals surface area (Å²) in [6.07, 6.45) is 19.9. The number of methoxy groups -OCH3 is 2. The number of rotatable bonds is 14. The van der Waals surface area contributed by atoms with Crippen molar-refractivity contribution in [3.63, 3.8) is 0 Å². The first-order chi connectivity index (χ1) is 32.9. The van der Waals surface area contributed by atoms with E-state index in [2.05, 4.69) is 95.5 Å². The van der Waals surface area contributed by atoms with Gasteiger partial charge in [-0.2, -0.15) is 0 Å². The van der Waals surface area contributed by atoms with Crippen LogP contribution in [0.15, 0.2) is 72.0 Å². The number of carbonyl (C=O) groups is 5. The molecule has 4 aliphatic carbocycles. The first-order valence-corrected chi connectivity index (χ1v) is 25.6. The lowest BCUT2D eigenvalue weighted by Crippen LogP contribution is -2.60. The number of alkyl carbamates (subject to hydrolysis) is 2. The van der Waals surface area contributed by atoms with Crippen molar-refractivity contribution in [1.82, 2.24) is 30.7 Å². The van der Waals surface area contributed by atoms with Gasteiger partial charge in [0, 0.05) is 23.5 Å². The highest BCUT2D eigenvalue weighted by molar-refractivity contribution is 5.93. The second kappa shape index (κ2) is 20.6. The number of amides is 5. The van der Waals surface area contributed by atoms with Crippen molar-refractivity contribution in [2.45, 2.75) is 173 Å². The highest BCUT2D eigenvalue weighted by Crippen LogP contribution is 2.47. The fourth-order valence-corrected chi connectivity index (χ4v) is 12.7. The fraction of sp³-hybridized carbons (Fsp3) is 0.648. The van der Waals surface area contributed by atoms with Gasteiger partial charge in [-0.3, -0.25) is 14.4 Å². The van der Waals surface area contributed by atoms with E-state index in [1.807, 2.05) is 44.7 Å². The van der Waals surface area contributed by atoms with Crippen LogP contribution in [0.25, 0.3) is 0 Å². The van der Waals surface area contributed by atoms with Crippen molar-refractivity contribution in [1.29, 1.82) is 0 Å². The van der Waals surface area contributed by atoms with E-state index in [1.54, 1.807) is 4.90 Å². The summed E-state index contributed by atoms with van der Waals surface area (Å²) in [6, 6.07) is 5.79. The molecule has 0 aromatic heterocycles. The van der Waals surface area contributed by atoms with Gasteiger partial charge < -0.3 is 50.5 Å². The Balaban J connectivity index is 0.956. The van der Waals surface area contributed by atoms with Gasteiger partial charge in [0.2, 0.25) is 17.7 Å². The Kier molecular flexibility index (Phi) is 14.9. The number of ether oxygens (including phenoxy) is 2. The van der Waals surface area contributed by atoms with Gasteiger partial charge >= 0.3 is 12.2 Å². The van der Waals surface area contributed by atoms with Crippen LogP contribution < -0.4 is 21.3 Å². The van der Waals surface area contributed by atoms with Crippen molar-refractivity contribution in [2.75, 3.05) is 19.5 Å². The Morgan fingerprint density at radius 1 is 0.710 bits per heavy atom. The van der Waals surface area contributed by atoms with Gasteiger partial charge in [0.25, 0.3) is 0 Å². The van der Waals surface area contributed by atoms with Crippen molar-refractivity contribution in [2.24, 2.45) is 35.0 Å². The molecule has 5 amide bonds. The van der Waals surface area contributed by atoms with E-state index in [9.17, 15) is 29.1 Å². The third-order valence-electron chi connectivity index (χ3n) is 16.4. The third kappa shape index (κ3) is 10.3. The summed E-state index contributed by atoms with van der Waals surface area (Å²) in [5, 5.41) is 23.9. The van der Waals surface area contributed by atoms with E-state index in [0.29, 0.717) is 12.3 Å². The SMILES string of the molecule is COC(=O)N[C@H](C(=O)N1C2CCC(C2)[C@H]1C(O)Nc1ccc([C@@H]2CC[C@@H](C3=CCC(NC(=O)[C@@H]4C5CCC(C5)N4C(=O)[C@@H](NC(=O)OC)C(C)C)C=C3)N2C2=CCC(C(C)(C)C)C=C2)cc1)C(C)C. The number of likely N-dealkylation sites (tertiary alicyclic amines) is 3. The molecule has 0 radical (unpaired) electrons. The number of aliphatic hydroxyl groups is 1. The van der Waals surface area contributed by atoms with Crippen LogP contribution in [0.1, 0.15) is 124 Å². The molecule has 2 saturated carbocycles. The molecule has 8 rings (SSSR count). The van der Waals surface area contributed by atoms with E-state index >= 15 is 0 Å². The summed E-state index contributed by atoms with van der Waals surface area (Å²) in [5.41, 5.74) is 4.50. The molecule has 1 aromatic rings. The second-order valence-corrected chi connectivity index (χ2v) is 22.4. The largest absolute Gasteiger partial charge is 0.453 e. The number of carbonyl (C=O) groups excluding carboxylic acids is 5. The molecule has 5 N–H and O–H groups in total. The van der Waals surface area contributed by atoms with E-state index in [4.69, 9.17) is 9.47 Å². The highest BCUT2D eigenvalue weighted by atomic mass is 16.5. The van der Waals surface area contributed by atoms with Gasteiger partial charge in [-0.05, 0) is 129 Å². The molecule has 0 spiro atoms. The monoisotopic (exact) mass is 952 g/mol. The first-order valence-electron chi connectivity index (χ1n) is 25.6. The quantitative estimate of drug-likeness (QED) is 0.119. The number of hydrogen-bond acceptors (Lipinski definition) is 10. The number of anilines is 1. The second-order valence-electron chi connectivity index (χ2n) is 22.4. The van der Waals surface area contributed by atoms with Crippen molar-refractivity contribution in [3.05, 3.63) is 77.6 Å². The number of allylic oxidation sites excluding steroid dienone is 3. The number of aliphatic hydroxyl groups excluding tert-OH is 1. The number of hydrogen-bond donors (Lipinski definition) is 5. The average molecular weight is 952 g/mol. The van der Waals surface area contributed by atoms with Crippen LogP contribution in [-0.2, 0) is 23.9 Å². The topological polar surface area (TPSA) is 182 Å². The first kappa shape index (κ1) is 50.1. The molecule has 69 heavy (non-hydrogen) atoms. The Bertz CT molecular complexity index is 2210. The number of nitrogens with one attached hydrogen (secondary N) is 4. The van der Waals surface area contributed by atoms with Crippen LogP contribution in [0.5, 0.6) is 0 Å². The summed E-state index contributed by atoms with van der Waals surface area (Å²) in [4.78, 5) is 72.7. The Hall–Kier alpha value is -5.31. The van der Waals surface area contributed by atoms with E-state index in [-0.39, 0.29) is 77.0 Å². The van der Waals surface area contributed by atoms with Crippen LogP contribution in [0.3, 0.4) is 0 Å². The molecule has 13 atom stereocenters. The molecule has 15 heteroatoms. The van der Waals surface area contributed by atoms with Gasteiger partial charge in [0.05, 0.1) is 38.4 Å². The maximum atomic E-state index is 14.1. The molecular formula is C54H77N7O8. The normalized spacial score (nSPS) is 30.5. The standard InChI is InChI=1S/C54H77N7O8/c1-30(2)44(57-52(66)68-8)50(64)60-40-22-14-34(28-40)46(60)48(62)55-37-18-10-32(11-19-37)42-26-27-43(59(42)39-24-16-36(17-25-39)54(5,6)7)33-12-20-38(21-13-33)56-49(63)47-35-15-23-41(29-35)61(47)51(65)45(31(3)4)58-53(67)69-9/h10-13,16,18-20,24-25,30-31,34-36,38,40-48,55,62H,14-15,17,21-23,26-29H2,1-9H3,(H,56,63)(H,57,66)(H,58,67)/t34?,35?,36?,38?,40?,41?,42-,43-,44-,45-,46-,47-,48?/m0/s1. The molecule has 4 bridgehead atoms. The average Bonchev–Trinajstić information content (AvgIpc) is 4.20. The zero-order chi connectivity index (χ0) is 49.5.